The topological polar surface area (TPSA) is 17.1 Å². The summed E-state index contributed by atoms with van der Waals surface area (Å²) in [6, 6.07) is 6.68. The summed E-state index contributed by atoms with van der Waals surface area (Å²) in [7, 11) is 0. The van der Waals surface area contributed by atoms with Crippen molar-refractivity contribution < 1.29 is 4.79 Å². The number of fused-ring (bicyclic) bond motifs is 1. The summed E-state index contributed by atoms with van der Waals surface area (Å²) in [6.45, 7) is 6.24. The fourth-order valence-electron chi connectivity index (χ4n) is 2.77. The molecule has 1 atom stereocenters. The lowest BCUT2D eigenvalue weighted by molar-refractivity contribution is -0.115. The maximum atomic E-state index is 11.2. The molecule has 16 heavy (non-hydrogen) atoms. The summed E-state index contributed by atoms with van der Waals surface area (Å²) in [6.07, 6.45) is 4.64. The Balaban J connectivity index is 2.46. The molecular formula is C15H20O. The van der Waals surface area contributed by atoms with Gasteiger partial charge in [0.05, 0.1) is 0 Å². The Kier molecular flexibility index (Phi) is 2.88. The van der Waals surface area contributed by atoms with Crippen LogP contribution < -0.4 is 0 Å². The van der Waals surface area contributed by atoms with Crippen LogP contribution in [0, 0.1) is 12.3 Å². The van der Waals surface area contributed by atoms with E-state index in [9.17, 15) is 4.79 Å². The van der Waals surface area contributed by atoms with Crippen molar-refractivity contribution in [3.05, 3.63) is 34.9 Å². The van der Waals surface area contributed by atoms with Gasteiger partial charge in [-0.25, -0.2) is 0 Å². The van der Waals surface area contributed by atoms with E-state index in [2.05, 4.69) is 39.0 Å². The van der Waals surface area contributed by atoms with Crippen LogP contribution in [-0.2, 0) is 11.2 Å². The molecule has 1 heteroatoms. The van der Waals surface area contributed by atoms with Gasteiger partial charge in [0.2, 0.25) is 0 Å². The number of hydrogen-bond donors (Lipinski definition) is 0. The minimum Gasteiger partial charge on any atom is -0.303 e. The Morgan fingerprint density at radius 3 is 2.81 bits per heavy atom. The first-order chi connectivity index (χ1) is 7.54. The van der Waals surface area contributed by atoms with Crippen LogP contribution >= 0.6 is 0 Å². The highest BCUT2D eigenvalue weighted by atomic mass is 16.1. The maximum Gasteiger partial charge on any atom is 0.126 e. The zero-order valence-electron chi connectivity index (χ0n) is 10.4. The molecule has 0 saturated carbocycles. The van der Waals surface area contributed by atoms with Crippen LogP contribution in [0.25, 0.3) is 0 Å². The molecule has 1 unspecified atom stereocenters. The molecule has 2 rings (SSSR count). The SMILES string of the molecule is Cc1ccc2c(c1)C(C(C)(C)C=O)CCC2. The third-order valence-corrected chi connectivity index (χ3v) is 3.82. The molecule has 0 bridgehead atoms. The van der Waals surface area contributed by atoms with E-state index in [4.69, 9.17) is 0 Å². The van der Waals surface area contributed by atoms with E-state index < -0.39 is 0 Å². The molecule has 0 heterocycles. The smallest absolute Gasteiger partial charge is 0.126 e. The fraction of sp³-hybridized carbons (Fsp3) is 0.533. The molecule has 0 aliphatic heterocycles. The highest BCUT2D eigenvalue weighted by Gasteiger charge is 2.33. The minimum absolute atomic E-state index is 0.233. The molecule has 0 saturated heterocycles. The molecule has 0 radical (unpaired) electrons. The normalized spacial score (nSPS) is 20.3. The number of aldehydes is 1. The Hall–Kier alpha value is -1.11. The second-order valence-corrected chi connectivity index (χ2v) is 5.59. The number of aryl methyl sites for hydroxylation is 2. The Bertz CT molecular complexity index is 404. The monoisotopic (exact) mass is 216 g/mol. The van der Waals surface area contributed by atoms with Crippen LogP contribution in [0.1, 0.15) is 49.3 Å². The van der Waals surface area contributed by atoms with Crippen LogP contribution in [0.15, 0.2) is 18.2 Å². The quantitative estimate of drug-likeness (QED) is 0.690. The highest BCUT2D eigenvalue weighted by molar-refractivity contribution is 5.61. The van der Waals surface area contributed by atoms with E-state index >= 15 is 0 Å². The Labute approximate surface area is 97.9 Å². The maximum absolute atomic E-state index is 11.2. The second kappa shape index (κ2) is 4.04. The van der Waals surface area contributed by atoms with Gasteiger partial charge >= 0.3 is 0 Å². The molecule has 1 aromatic rings. The number of carbonyl (C=O) groups is 1. The second-order valence-electron chi connectivity index (χ2n) is 5.59. The molecule has 0 amide bonds. The van der Waals surface area contributed by atoms with Gasteiger partial charge in [0.1, 0.15) is 6.29 Å². The van der Waals surface area contributed by atoms with E-state index in [-0.39, 0.29) is 5.41 Å². The number of hydrogen-bond acceptors (Lipinski definition) is 1. The lowest BCUT2D eigenvalue weighted by Crippen LogP contribution is -2.27. The van der Waals surface area contributed by atoms with Crippen LogP contribution in [0.3, 0.4) is 0 Å². The molecule has 1 aliphatic rings. The van der Waals surface area contributed by atoms with Gasteiger partial charge in [0, 0.05) is 5.41 Å². The van der Waals surface area contributed by atoms with Crippen molar-refractivity contribution >= 4 is 6.29 Å². The van der Waals surface area contributed by atoms with Crippen molar-refractivity contribution in [3.63, 3.8) is 0 Å². The van der Waals surface area contributed by atoms with Crippen LogP contribution in [0.5, 0.6) is 0 Å². The van der Waals surface area contributed by atoms with Crippen molar-refractivity contribution in [2.75, 3.05) is 0 Å². The van der Waals surface area contributed by atoms with Gasteiger partial charge in [-0.2, -0.15) is 0 Å². The lowest BCUT2D eigenvalue weighted by Gasteiger charge is -2.34. The van der Waals surface area contributed by atoms with Gasteiger partial charge in [-0.05, 0) is 43.2 Å². The minimum atomic E-state index is -0.233. The lowest BCUT2D eigenvalue weighted by atomic mass is 9.69. The van der Waals surface area contributed by atoms with Crippen molar-refractivity contribution in [2.24, 2.45) is 5.41 Å². The van der Waals surface area contributed by atoms with Gasteiger partial charge in [0.25, 0.3) is 0 Å². The molecule has 86 valence electrons. The van der Waals surface area contributed by atoms with E-state index in [0.29, 0.717) is 5.92 Å². The summed E-state index contributed by atoms with van der Waals surface area (Å²) in [5.74, 6) is 0.397. The summed E-state index contributed by atoms with van der Waals surface area (Å²) in [5, 5.41) is 0. The third-order valence-electron chi connectivity index (χ3n) is 3.82. The van der Waals surface area contributed by atoms with Gasteiger partial charge in [0.15, 0.2) is 0 Å². The first-order valence-electron chi connectivity index (χ1n) is 6.10. The molecule has 0 spiro atoms. The van der Waals surface area contributed by atoms with E-state index in [0.717, 1.165) is 12.7 Å². The molecule has 0 fully saturated rings. The predicted octanol–water partition coefficient (Wildman–Crippen LogP) is 3.64. The molecular weight excluding hydrogens is 196 g/mol. The molecule has 0 N–H and O–H groups in total. The molecule has 0 aromatic heterocycles. The zero-order chi connectivity index (χ0) is 11.8. The average Bonchev–Trinajstić information content (AvgIpc) is 2.28. The van der Waals surface area contributed by atoms with E-state index in [1.54, 1.807) is 0 Å². The largest absolute Gasteiger partial charge is 0.303 e. The van der Waals surface area contributed by atoms with E-state index in [1.807, 2.05) is 0 Å². The van der Waals surface area contributed by atoms with Crippen molar-refractivity contribution in [3.8, 4) is 0 Å². The van der Waals surface area contributed by atoms with Crippen molar-refractivity contribution in [1.29, 1.82) is 0 Å². The predicted molar refractivity (Wildman–Crippen MR) is 66.7 cm³/mol. The summed E-state index contributed by atoms with van der Waals surface area (Å²) >= 11 is 0. The first kappa shape index (κ1) is 11.4. The summed E-state index contributed by atoms with van der Waals surface area (Å²) in [5.41, 5.74) is 3.91. The first-order valence-corrected chi connectivity index (χ1v) is 6.10. The molecule has 1 aromatic carbocycles. The van der Waals surface area contributed by atoms with E-state index in [1.165, 1.54) is 29.5 Å². The van der Waals surface area contributed by atoms with Gasteiger partial charge in [-0.15, -0.1) is 0 Å². The standard InChI is InChI=1S/C15H20O/c1-11-7-8-12-5-4-6-14(13(12)9-11)15(2,3)10-16/h7-10,14H,4-6H2,1-3H3. The van der Waals surface area contributed by atoms with Gasteiger partial charge < -0.3 is 4.79 Å². The average molecular weight is 216 g/mol. The highest BCUT2D eigenvalue weighted by Crippen LogP contribution is 2.42. The Morgan fingerprint density at radius 1 is 1.38 bits per heavy atom. The van der Waals surface area contributed by atoms with Crippen molar-refractivity contribution in [2.45, 2.75) is 46.0 Å². The number of carbonyl (C=O) groups excluding carboxylic acids is 1. The van der Waals surface area contributed by atoms with Crippen LogP contribution in [-0.4, -0.2) is 6.29 Å². The van der Waals surface area contributed by atoms with Crippen LogP contribution in [0.4, 0.5) is 0 Å². The number of benzene rings is 1. The van der Waals surface area contributed by atoms with Crippen LogP contribution in [0.2, 0.25) is 0 Å². The zero-order valence-corrected chi connectivity index (χ0v) is 10.4. The molecule has 1 nitrogen and oxygen atoms in total. The summed E-state index contributed by atoms with van der Waals surface area (Å²) < 4.78 is 0. The summed E-state index contributed by atoms with van der Waals surface area (Å²) in [4.78, 5) is 11.2. The van der Waals surface area contributed by atoms with Gasteiger partial charge in [-0.1, -0.05) is 37.6 Å². The fourth-order valence-corrected chi connectivity index (χ4v) is 2.77. The van der Waals surface area contributed by atoms with Crippen molar-refractivity contribution in [1.82, 2.24) is 0 Å². The number of rotatable bonds is 2. The molecule has 1 aliphatic carbocycles. The van der Waals surface area contributed by atoms with Gasteiger partial charge in [-0.3, -0.25) is 0 Å². The third kappa shape index (κ3) is 1.91. The Morgan fingerprint density at radius 2 is 2.12 bits per heavy atom.